The molecule has 0 aliphatic heterocycles. The van der Waals surface area contributed by atoms with Gasteiger partial charge >= 0.3 is 19.8 Å². The summed E-state index contributed by atoms with van der Waals surface area (Å²) < 4.78 is 33.8. The van der Waals surface area contributed by atoms with Crippen LogP contribution >= 0.6 is 7.82 Å². The number of phosphoric acid groups is 1. The largest absolute Gasteiger partial charge is 0.472 e. The second-order valence-electron chi connectivity index (χ2n) is 21.9. The van der Waals surface area contributed by atoms with Crippen molar-refractivity contribution in [2.75, 3.05) is 13.2 Å². The van der Waals surface area contributed by atoms with Gasteiger partial charge in [-0.3, -0.25) is 18.6 Å². The predicted octanol–water partition coefficient (Wildman–Crippen LogP) is 14.9. The van der Waals surface area contributed by atoms with Crippen molar-refractivity contribution in [3.8, 4) is 0 Å². The summed E-state index contributed by atoms with van der Waals surface area (Å²) in [5.74, 6) is -1.08. The standard InChI is InChI=1S/C60H115O13P/c1-3-5-7-9-11-13-15-17-19-21-23-25-26-27-29-30-32-34-36-38-40-42-44-46-48-53(61)70-50-52(51-71-74(68,69)73-60-58(66)56(64)55(63)57(65)59(60)67)72-54(62)49-47-45-43-41-39-37-35-33-31-28-24-22-20-18-16-14-12-10-8-6-4-2/h22,24,52,55-60,63-67H,3-21,23,25-51H2,1-2H3,(H,68,69)/b24-22-. The fourth-order valence-corrected chi connectivity index (χ4v) is 10.9. The van der Waals surface area contributed by atoms with Crippen LogP contribution in [0.5, 0.6) is 0 Å². The number of phosphoric ester groups is 1. The van der Waals surface area contributed by atoms with Crippen molar-refractivity contribution in [2.45, 2.75) is 346 Å². The zero-order valence-electron chi connectivity index (χ0n) is 47.4. The quantitative estimate of drug-likeness (QED) is 0.0145. The third-order valence-electron chi connectivity index (χ3n) is 14.9. The van der Waals surface area contributed by atoms with Crippen LogP contribution in [0.25, 0.3) is 0 Å². The van der Waals surface area contributed by atoms with Crippen LogP contribution in [0.2, 0.25) is 0 Å². The van der Waals surface area contributed by atoms with Crippen LogP contribution in [0.15, 0.2) is 12.2 Å². The maximum Gasteiger partial charge on any atom is 0.472 e. The Kier molecular flexibility index (Phi) is 47.6. The highest BCUT2D eigenvalue weighted by atomic mass is 31.2. The van der Waals surface area contributed by atoms with Gasteiger partial charge in [0.1, 0.15) is 43.2 Å². The summed E-state index contributed by atoms with van der Waals surface area (Å²) in [7, 11) is -5.12. The van der Waals surface area contributed by atoms with E-state index in [0.717, 1.165) is 51.4 Å². The van der Waals surface area contributed by atoms with E-state index in [9.17, 15) is 44.6 Å². The number of allylic oxidation sites excluding steroid dienone is 2. The van der Waals surface area contributed by atoms with Crippen LogP contribution < -0.4 is 0 Å². The lowest BCUT2D eigenvalue weighted by Crippen LogP contribution is -2.64. The van der Waals surface area contributed by atoms with Gasteiger partial charge in [0.2, 0.25) is 0 Å². The first kappa shape index (κ1) is 70.6. The van der Waals surface area contributed by atoms with Crippen LogP contribution in [0.1, 0.15) is 303 Å². The summed E-state index contributed by atoms with van der Waals surface area (Å²) >= 11 is 0. The topological polar surface area (TPSA) is 210 Å². The van der Waals surface area contributed by atoms with Crippen molar-refractivity contribution < 1.29 is 63.1 Å². The molecular weight excluding hydrogens is 960 g/mol. The Morgan fingerprint density at radius 1 is 0.405 bits per heavy atom. The fraction of sp³-hybridized carbons (Fsp3) is 0.933. The lowest BCUT2D eigenvalue weighted by Gasteiger charge is -2.41. The van der Waals surface area contributed by atoms with E-state index in [2.05, 4.69) is 26.0 Å². The number of esters is 2. The molecule has 6 unspecified atom stereocenters. The molecular formula is C60H115O13P. The number of rotatable bonds is 54. The van der Waals surface area contributed by atoms with E-state index in [1.165, 1.54) is 212 Å². The summed E-state index contributed by atoms with van der Waals surface area (Å²) in [6.45, 7) is 3.38. The van der Waals surface area contributed by atoms with E-state index in [1.54, 1.807) is 0 Å². The molecule has 0 bridgehead atoms. The van der Waals surface area contributed by atoms with Crippen LogP contribution in [0, 0.1) is 0 Å². The molecule has 1 fully saturated rings. The summed E-state index contributed by atoms with van der Waals surface area (Å²) in [5, 5.41) is 50.5. The van der Waals surface area contributed by atoms with Crippen molar-refractivity contribution in [3.63, 3.8) is 0 Å². The van der Waals surface area contributed by atoms with E-state index in [-0.39, 0.29) is 12.8 Å². The SMILES string of the molecule is CCCCCCCCCC/C=C\CCCCCCCCCCCC(=O)OC(COC(=O)CCCCCCCCCCCCCCCCCCCCCCCCCC)COP(=O)(O)OC1C(O)C(O)C(O)C(O)C1O. The summed E-state index contributed by atoms with van der Waals surface area (Å²) in [5.41, 5.74) is 0. The van der Waals surface area contributed by atoms with Gasteiger partial charge in [-0.15, -0.1) is 0 Å². The molecule has 13 nitrogen and oxygen atoms in total. The van der Waals surface area contributed by atoms with Crippen molar-refractivity contribution >= 4 is 19.8 Å². The van der Waals surface area contributed by atoms with Crippen molar-refractivity contribution in [2.24, 2.45) is 0 Å². The highest BCUT2D eigenvalue weighted by molar-refractivity contribution is 7.47. The average molecular weight is 1080 g/mol. The predicted molar refractivity (Wildman–Crippen MR) is 300 cm³/mol. The Balaban J connectivity index is 2.28. The van der Waals surface area contributed by atoms with Gasteiger partial charge in [0.15, 0.2) is 6.10 Å². The Morgan fingerprint density at radius 3 is 1.03 bits per heavy atom. The molecule has 0 heterocycles. The van der Waals surface area contributed by atoms with Crippen LogP contribution in [0.3, 0.4) is 0 Å². The molecule has 0 amide bonds. The highest BCUT2D eigenvalue weighted by Crippen LogP contribution is 2.47. The number of carbonyl (C=O) groups excluding carboxylic acids is 2. The van der Waals surface area contributed by atoms with Gasteiger partial charge in [-0.2, -0.15) is 0 Å². The van der Waals surface area contributed by atoms with Crippen LogP contribution in [0.4, 0.5) is 0 Å². The second kappa shape index (κ2) is 49.9. The number of hydrogen-bond acceptors (Lipinski definition) is 12. The van der Waals surface area contributed by atoms with Gasteiger partial charge in [0, 0.05) is 12.8 Å². The number of unbranched alkanes of at least 4 members (excludes halogenated alkanes) is 40. The maximum absolute atomic E-state index is 12.9. The molecule has 0 aromatic rings. The van der Waals surface area contributed by atoms with Gasteiger partial charge in [-0.05, 0) is 38.5 Å². The molecule has 1 aliphatic carbocycles. The molecule has 6 N–H and O–H groups in total. The Bertz CT molecular complexity index is 1340. The third kappa shape index (κ3) is 40.8. The molecule has 1 aliphatic rings. The van der Waals surface area contributed by atoms with E-state index in [0.29, 0.717) is 12.8 Å². The Hall–Kier alpha value is -1.41. The number of ether oxygens (including phenoxy) is 2. The minimum Gasteiger partial charge on any atom is -0.462 e. The maximum atomic E-state index is 12.9. The van der Waals surface area contributed by atoms with Crippen LogP contribution in [-0.2, 0) is 32.7 Å². The van der Waals surface area contributed by atoms with Crippen molar-refractivity contribution in [1.29, 1.82) is 0 Å². The van der Waals surface area contributed by atoms with E-state index in [4.69, 9.17) is 18.5 Å². The van der Waals surface area contributed by atoms with E-state index >= 15 is 0 Å². The van der Waals surface area contributed by atoms with Gasteiger partial charge in [-0.1, -0.05) is 264 Å². The van der Waals surface area contributed by atoms with Crippen molar-refractivity contribution in [3.05, 3.63) is 12.2 Å². The summed E-state index contributed by atoms with van der Waals surface area (Å²) in [4.78, 5) is 36.0. The zero-order chi connectivity index (χ0) is 54.2. The normalized spacial score (nSPS) is 20.3. The van der Waals surface area contributed by atoms with E-state index < -0.39 is 75.7 Å². The number of hydrogen-bond donors (Lipinski definition) is 6. The highest BCUT2D eigenvalue weighted by Gasteiger charge is 2.51. The van der Waals surface area contributed by atoms with E-state index in [1.807, 2.05) is 0 Å². The first-order valence-electron chi connectivity index (χ1n) is 31.0. The molecule has 0 aromatic carbocycles. The summed E-state index contributed by atoms with van der Waals surface area (Å²) in [6.07, 6.45) is 45.5. The fourth-order valence-electron chi connectivity index (χ4n) is 9.93. The average Bonchev–Trinajstić information content (AvgIpc) is 3.38. The minimum absolute atomic E-state index is 0.0996. The molecule has 0 spiro atoms. The zero-order valence-corrected chi connectivity index (χ0v) is 48.3. The second-order valence-corrected chi connectivity index (χ2v) is 23.3. The molecule has 1 saturated carbocycles. The monoisotopic (exact) mass is 1070 g/mol. The first-order valence-corrected chi connectivity index (χ1v) is 32.5. The van der Waals surface area contributed by atoms with Gasteiger partial charge in [0.05, 0.1) is 6.61 Å². The number of carbonyl (C=O) groups is 2. The van der Waals surface area contributed by atoms with Crippen LogP contribution in [-0.4, -0.2) is 98.3 Å². The van der Waals surface area contributed by atoms with Gasteiger partial charge in [-0.25, -0.2) is 4.57 Å². The van der Waals surface area contributed by atoms with Crippen molar-refractivity contribution in [1.82, 2.24) is 0 Å². The molecule has 0 saturated heterocycles. The Labute approximate surface area is 452 Å². The van der Waals surface area contributed by atoms with Gasteiger partial charge in [0.25, 0.3) is 0 Å². The number of aliphatic hydroxyl groups excluding tert-OH is 5. The summed E-state index contributed by atoms with van der Waals surface area (Å²) in [6, 6.07) is 0. The number of aliphatic hydroxyl groups is 5. The molecule has 14 heteroatoms. The lowest BCUT2D eigenvalue weighted by molar-refractivity contribution is -0.220. The molecule has 6 atom stereocenters. The Morgan fingerprint density at radius 2 is 0.689 bits per heavy atom. The third-order valence-corrected chi connectivity index (χ3v) is 15.8. The molecule has 74 heavy (non-hydrogen) atoms. The molecule has 438 valence electrons. The minimum atomic E-state index is -5.12. The molecule has 0 radical (unpaired) electrons. The first-order chi connectivity index (χ1) is 35.9. The van der Waals surface area contributed by atoms with Gasteiger partial charge < -0.3 is 39.9 Å². The molecule has 0 aromatic heterocycles. The smallest absolute Gasteiger partial charge is 0.462 e. The molecule has 1 rings (SSSR count). The lowest BCUT2D eigenvalue weighted by atomic mass is 9.85.